The molecule has 0 radical (unpaired) electrons. The summed E-state index contributed by atoms with van der Waals surface area (Å²) in [6.45, 7) is 6.55. The Morgan fingerprint density at radius 3 is 2.16 bits per heavy atom. The van der Waals surface area contributed by atoms with Crippen LogP contribution in [0.3, 0.4) is 0 Å². The maximum atomic E-state index is 12.8. The van der Waals surface area contributed by atoms with Gasteiger partial charge in [0.1, 0.15) is 11.5 Å². The van der Waals surface area contributed by atoms with Crippen LogP contribution in [0, 0.1) is 0 Å². The van der Waals surface area contributed by atoms with Crippen LogP contribution in [0.5, 0.6) is 0 Å². The van der Waals surface area contributed by atoms with Crippen molar-refractivity contribution in [3.63, 3.8) is 0 Å². The fourth-order valence-corrected chi connectivity index (χ4v) is 4.55. The van der Waals surface area contributed by atoms with Gasteiger partial charge in [0.2, 0.25) is 0 Å². The lowest BCUT2D eigenvalue weighted by Crippen LogP contribution is -2.49. The molecule has 0 fully saturated rings. The summed E-state index contributed by atoms with van der Waals surface area (Å²) in [6, 6.07) is 8.99. The predicted molar refractivity (Wildman–Crippen MR) is 121 cm³/mol. The third-order valence-electron chi connectivity index (χ3n) is 4.82. The molecular weight excluding hydrogens is 432 g/mol. The van der Waals surface area contributed by atoms with E-state index in [1.807, 2.05) is 41.9 Å². The minimum Gasteiger partial charge on any atom is -0.481 e. The first kappa shape index (κ1) is 25.6. The van der Waals surface area contributed by atoms with E-state index in [1.165, 1.54) is 12.1 Å². The molecule has 0 aliphatic carbocycles. The number of amides is 1. The van der Waals surface area contributed by atoms with E-state index in [2.05, 4.69) is 5.32 Å². The third kappa shape index (κ3) is 7.49. The average Bonchev–Trinajstić information content (AvgIpc) is 3.07. The molecular formula is C23H33N2O6S+. The van der Waals surface area contributed by atoms with Gasteiger partial charge in [-0.1, -0.05) is 32.9 Å². The molecule has 2 aromatic rings. The molecule has 0 aliphatic heterocycles. The standard InChI is InChI=1S/C23H32N2O6S/c1-23(2,3)16-7-10-19(11-8-16)32(29,30)15-18-9-12-20(31-18)22(28)24-17(13-21(26)27)14-25(4,5)6/h7-12,17H,13-15H2,1-6H3,(H-,24,26,27,28)/p+1/t17-/m1/s1. The fraction of sp³-hybridized carbons (Fsp3) is 0.478. The van der Waals surface area contributed by atoms with Gasteiger partial charge in [0.25, 0.3) is 5.91 Å². The Morgan fingerprint density at radius 1 is 1.06 bits per heavy atom. The van der Waals surface area contributed by atoms with E-state index in [1.54, 1.807) is 24.3 Å². The van der Waals surface area contributed by atoms with E-state index in [0.717, 1.165) is 5.56 Å². The molecule has 176 valence electrons. The van der Waals surface area contributed by atoms with Crippen LogP contribution in [-0.4, -0.2) is 63.6 Å². The molecule has 0 spiro atoms. The van der Waals surface area contributed by atoms with Gasteiger partial charge in [-0.05, 0) is 35.2 Å². The summed E-state index contributed by atoms with van der Waals surface area (Å²) in [4.78, 5) is 23.9. The van der Waals surface area contributed by atoms with Gasteiger partial charge in [-0.2, -0.15) is 0 Å². The average molecular weight is 466 g/mol. The number of carboxylic acids is 1. The first-order valence-corrected chi connectivity index (χ1v) is 12.0. The van der Waals surface area contributed by atoms with Crippen LogP contribution in [0.1, 0.15) is 49.1 Å². The lowest BCUT2D eigenvalue weighted by Gasteiger charge is -2.28. The number of furan rings is 1. The number of likely N-dealkylation sites (N-methyl/N-ethyl adjacent to an activating group) is 1. The zero-order valence-electron chi connectivity index (χ0n) is 19.5. The third-order valence-corrected chi connectivity index (χ3v) is 6.48. The van der Waals surface area contributed by atoms with E-state index in [0.29, 0.717) is 11.0 Å². The molecule has 1 amide bonds. The Labute approximate surface area is 189 Å². The topological polar surface area (TPSA) is 114 Å². The quantitative estimate of drug-likeness (QED) is 0.551. The molecule has 0 aliphatic rings. The van der Waals surface area contributed by atoms with Crippen molar-refractivity contribution in [1.29, 1.82) is 0 Å². The molecule has 1 heterocycles. The zero-order valence-corrected chi connectivity index (χ0v) is 20.3. The summed E-state index contributed by atoms with van der Waals surface area (Å²) >= 11 is 0. The van der Waals surface area contributed by atoms with Crippen molar-refractivity contribution in [2.24, 2.45) is 0 Å². The molecule has 0 unspecified atom stereocenters. The van der Waals surface area contributed by atoms with Crippen LogP contribution in [0.25, 0.3) is 0 Å². The maximum Gasteiger partial charge on any atom is 0.305 e. The van der Waals surface area contributed by atoms with Crippen molar-refractivity contribution in [2.45, 2.75) is 49.3 Å². The van der Waals surface area contributed by atoms with Crippen molar-refractivity contribution in [3.8, 4) is 0 Å². The SMILES string of the molecule is CC(C)(C)c1ccc(S(=O)(=O)Cc2ccc(C(=O)N[C@H](CC(=O)O)C[N+](C)(C)C)o2)cc1. The summed E-state index contributed by atoms with van der Waals surface area (Å²) in [5.41, 5.74) is 0.939. The Bertz CT molecular complexity index is 1060. The lowest BCUT2D eigenvalue weighted by molar-refractivity contribution is -0.871. The highest BCUT2D eigenvalue weighted by molar-refractivity contribution is 7.90. The Hall–Kier alpha value is -2.65. The first-order chi connectivity index (χ1) is 14.6. The van der Waals surface area contributed by atoms with Crippen LogP contribution in [0.15, 0.2) is 45.7 Å². The van der Waals surface area contributed by atoms with Gasteiger partial charge in [0.15, 0.2) is 15.6 Å². The van der Waals surface area contributed by atoms with Crippen LogP contribution >= 0.6 is 0 Å². The number of carboxylic acid groups (broad SMARTS) is 1. The zero-order chi connectivity index (χ0) is 24.3. The summed E-state index contributed by atoms with van der Waals surface area (Å²) in [5, 5.41) is 11.8. The number of nitrogens with one attached hydrogen (secondary N) is 1. The van der Waals surface area contributed by atoms with Gasteiger partial charge in [0, 0.05) is 0 Å². The van der Waals surface area contributed by atoms with Crippen LogP contribution in [0.2, 0.25) is 0 Å². The largest absolute Gasteiger partial charge is 0.481 e. The van der Waals surface area contributed by atoms with Crippen molar-refractivity contribution in [3.05, 3.63) is 53.5 Å². The summed E-state index contributed by atoms with van der Waals surface area (Å²) < 4.78 is 31.5. The Balaban J connectivity index is 2.12. The van der Waals surface area contributed by atoms with Crippen molar-refractivity contribution >= 4 is 21.7 Å². The summed E-state index contributed by atoms with van der Waals surface area (Å²) in [7, 11) is 2.02. The molecule has 2 rings (SSSR count). The minimum absolute atomic E-state index is 0.0601. The number of hydrogen-bond donors (Lipinski definition) is 2. The van der Waals surface area contributed by atoms with E-state index in [-0.39, 0.29) is 34.0 Å². The van der Waals surface area contributed by atoms with E-state index in [4.69, 9.17) is 9.52 Å². The fourth-order valence-electron chi connectivity index (χ4n) is 3.30. The molecule has 9 heteroatoms. The number of hydrogen-bond acceptors (Lipinski definition) is 5. The molecule has 0 saturated carbocycles. The van der Waals surface area contributed by atoms with E-state index in [9.17, 15) is 18.0 Å². The highest BCUT2D eigenvalue weighted by atomic mass is 32.2. The monoisotopic (exact) mass is 465 g/mol. The summed E-state index contributed by atoms with van der Waals surface area (Å²) in [5.74, 6) is -1.91. The van der Waals surface area contributed by atoms with Crippen LogP contribution < -0.4 is 5.32 Å². The number of benzene rings is 1. The molecule has 0 saturated heterocycles. The molecule has 32 heavy (non-hydrogen) atoms. The first-order valence-electron chi connectivity index (χ1n) is 10.3. The number of carbonyl (C=O) groups is 2. The highest BCUT2D eigenvalue weighted by Crippen LogP contribution is 2.25. The molecule has 2 N–H and O–H groups in total. The smallest absolute Gasteiger partial charge is 0.305 e. The normalized spacial score (nSPS) is 13.6. The van der Waals surface area contributed by atoms with Gasteiger partial charge < -0.3 is 19.3 Å². The minimum atomic E-state index is -3.66. The van der Waals surface area contributed by atoms with Crippen molar-refractivity contribution in [2.75, 3.05) is 27.7 Å². The number of nitrogens with zero attached hydrogens (tertiary/aromatic N) is 1. The van der Waals surface area contributed by atoms with Crippen molar-refractivity contribution in [1.82, 2.24) is 5.32 Å². The highest BCUT2D eigenvalue weighted by Gasteiger charge is 2.25. The van der Waals surface area contributed by atoms with Gasteiger partial charge in [-0.3, -0.25) is 9.59 Å². The lowest BCUT2D eigenvalue weighted by atomic mass is 9.87. The maximum absolute atomic E-state index is 12.8. The number of quaternary nitrogens is 1. The van der Waals surface area contributed by atoms with Gasteiger partial charge in [-0.25, -0.2) is 8.42 Å². The second-order valence-electron chi connectivity index (χ2n) is 10.0. The number of aliphatic carboxylic acids is 1. The second kappa shape index (κ2) is 9.46. The number of sulfone groups is 1. The molecule has 1 atom stereocenters. The second-order valence-corrected chi connectivity index (χ2v) is 12.0. The predicted octanol–water partition coefficient (Wildman–Crippen LogP) is 2.83. The molecule has 1 aromatic heterocycles. The summed E-state index contributed by atoms with van der Waals surface area (Å²) in [6.07, 6.45) is -0.228. The van der Waals surface area contributed by atoms with Crippen molar-refractivity contribution < 1.29 is 32.0 Å². The van der Waals surface area contributed by atoms with Crippen LogP contribution in [0.4, 0.5) is 0 Å². The molecule has 1 aromatic carbocycles. The van der Waals surface area contributed by atoms with Gasteiger partial charge >= 0.3 is 5.97 Å². The van der Waals surface area contributed by atoms with Gasteiger partial charge in [0.05, 0.1) is 45.0 Å². The Kier molecular flexibility index (Phi) is 7.57. The van der Waals surface area contributed by atoms with E-state index >= 15 is 0 Å². The number of carbonyl (C=O) groups excluding carboxylic acids is 1. The van der Waals surface area contributed by atoms with Crippen LogP contribution in [-0.2, 0) is 25.8 Å². The Morgan fingerprint density at radius 2 is 1.66 bits per heavy atom. The molecule has 0 bridgehead atoms. The van der Waals surface area contributed by atoms with Gasteiger partial charge in [-0.15, -0.1) is 0 Å². The molecule has 8 nitrogen and oxygen atoms in total. The van der Waals surface area contributed by atoms with E-state index < -0.39 is 27.8 Å². The number of rotatable bonds is 9.